The third-order valence-electron chi connectivity index (χ3n) is 4.15. The van der Waals surface area contributed by atoms with Crippen molar-refractivity contribution in [1.82, 2.24) is 14.6 Å². The third kappa shape index (κ3) is 4.87. The van der Waals surface area contributed by atoms with E-state index in [9.17, 15) is 8.78 Å². The number of aryl methyl sites for hydroxylation is 1. The van der Waals surface area contributed by atoms with E-state index in [1.54, 1.807) is 28.1 Å². The molecule has 0 bridgehead atoms. The highest BCUT2D eigenvalue weighted by molar-refractivity contribution is 7.09. The number of nitrogens with one attached hydrogen (secondary N) is 1. The SMILES string of the molecule is Cc1c(CCCCOC(F)F)c(Cl)n2nc(Cl)cc(NCc3nccs3)c12. The Morgan fingerprint density at radius 1 is 1.33 bits per heavy atom. The minimum Gasteiger partial charge on any atom is -0.377 e. The van der Waals surface area contributed by atoms with Gasteiger partial charge in [-0.2, -0.15) is 13.9 Å². The standard InChI is InChI=1S/C17H18Cl2F2N4OS/c1-10-11(4-2-3-6-26-17(20)21)16(19)25-15(10)12(8-13(18)24-25)23-9-14-22-5-7-27-14/h5,7-8,17,23H,2-4,6,9H2,1H3. The number of unbranched alkanes of at least 4 members (excludes halogenated alkanes) is 1. The van der Waals surface area contributed by atoms with Crippen molar-refractivity contribution in [3.63, 3.8) is 0 Å². The Bertz CT molecular complexity index is 902. The van der Waals surface area contributed by atoms with Gasteiger partial charge in [0, 0.05) is 17.6 Å². The van der Waals surface area contributed by atoms with Crippen molar-refractivity contribution in [3.8, 4) is 0 Å². The molecule has 0 aromatic carbocycles. The number of fused-ring (bicyclic) bond motifs is 1. The van der Waals surface area contributed by atoms with E-state index in [4.69, 9.17) is 23.2 Å². The molecule has 27 heavy (non-hydrogen) atoms. The van der Waals surface area contributed by atoms with Gasteiger partial charge in [-0.15, -0.1) is 11.3 Å². The summed E-state index contributed by atoms with van der Waals surface area (Å²) < 4.78 is 30.0. The van der Waals surface area contributed by atoms with Gasteiger partial charge in [-0.1, -0.05) is 23.2 Å². The number of rotatable bonds is 9. The van der Waals surface area contributed by atoms with E-state index in [1.807, 2.05) is 12.3 Å². The summed E-state index contributed by atoms with van der Waals surface area (Å²) in [5.74, 6) is 0. The molecule has 1 N–H and O–H groups in total. The van der Waals surface area contributed by atoms with Crippen LogP contribution in [0.2, 0.25) is 10.3 Å². The van der Waals surface area contributed by atoms with Crippen LogP contribution in [0.4, 0.5) is 14.5 Å². The number of ether oxygens (including phenoxy) is 1. The lowest BCUT2D eigenvalue weighted by atomic mass is 10.1. The molecule has 10 heteroatoms. The van der Waals surface area contributed by atoms with Crippen molar-refractivity contribution in [3.05, 3.63) is 44.1 Å². The first kappa shape index (κ1) is 20.3. The van der Waals surface area contributed by atoms with Crippen LogP contribution in [-0.4, -0.2) is 27.8 Å². The summed E-state index contributed by atoms with van der Waals surface area (Å²) in [6, 6.07) is 1.76. The van der Waals surface area contributed by atoms with Crippen LogP contribution < -0.4 is 5.32 Å². The molecule has 0 aliphatic heterocycles. The van der Waals surface area contributed by atoms with Gasteiger partial charge in [0.05, 0.1) is 24.4 Å². The normalized spacial score (nSPS) is 11.6. The van der Waals surface area contributed by atoms with Crippen molar-refractivity contribution in [2.75, 3.05) is 11.9 Å². The Balaban J connectivity index is 1.80. The number of halogens is 4. The molecular weight excluding hydrogens is 417 g/mol. The predicted octanol–water partition coefficient (Wildman–Crippen LogP) is 5.58. The second kappa shape index (κ2) is 9.14. The summed E-state index contributed by atoms with van der Waals surface area (Å²) >= 11 is 14.2. The van der Waals surface area contributed by atoms with Gasteiger partial charge in [0.25, 0.3) is 0 Å². The molecule has 5 nitrogen and oxygen atoms in total. The van der Waals surface area contributed by atoms with E-state index in [2.05, 4.69) is 20.1 Å². The summed E-state index contributed by atoms with van der Waals surface area (Å²) in [5.41, 5.74) is 3.58. The molecule has 0 atom stereocenters. The number of hydrogen-bond donors (Lipinski definition) is 1. The molecule has 0 saturated carbocycles. The highest BCUT2D eigenvalue weighted by Gasteiger charge is 2.18. The van der Waals surface area contributed by atoms with Crippen LogP contribution in [-0.2, 0) is 17.7 Å². The van der Waals surface area contributed by atoms with Crippen molar-refractivity contribution in [2.24, 2.45) is 0 Å². The summed E-state index contributed by atoms with van der Waals surface area (Å²) in [7, 11) is 0. The maximum atomic E-state index is 12.0. The molecule has 0 spiro atoms. The van der Waals surface area contributed by atoms with Crippen molar-refractivity contribution in [1.29, 1.82) is 0 Å². The third-order valence-corrected chi connectivity index (χ3v) is 5.50. The topological polar surface area (TPSA) is 51.5 Å². The second-order valence-corrected chi connectivity index (χ2v) is 7.63. The van der Waals surface area contributed by atoms with Crippen LogP contribution in [0.3, 0.4) is 0 Å². The lowest BCUT2D eigenvalue weighted by Gasteiger charge is -2.08. The average molecular weight is 435 g/mol. The molecule has 0 radical (unpaired) electrons. The molecule has 0 aliphatic rings. The summed E-state index contributed by atoms with van der Waals surface area (Å²) in [4.78, 5) is 4.26. The fraction of sp³-hybridized carbons (Fsp3) is 0.412. The number of hydrogen-bond acceptors (Lipinski definition) is 5. The maximum Gasteiger partial charge on any atom is 0.345 e. The van der Waals surface area contributed by atoms with Crippen LogP contribution in [0.15, 0.2) is 17.6 Å². The summed E-state index contributed by atoms with van der Waals surface area (Å²) in [6.07, 6.45) is 3.60. The Labute approximate surface area is 169 Å². The van der Waals surface area contributed by atoms with Gasteiger partial charge in [-0.05, 0) is 37.3 Å². The number of anilines is 1. The lowest BCUT2D eigenvalue weighted by molar-refractivity contribution is -0.129. The van der Waals surface area contributed by atoms with Crippen LogP contribution >= 0.6 is 34.5 Å². The van der Waals surface area contributed by atoms with Crippen LogP contribution in [0, 0.1) is 6.92 Å². The number of aromatic nitrogens is 3. The molecule has 3 aromatic rings. The molecule has 0 saturated heterocycles. The van der Waals surface area contributed by atoms with E-state index in [1.165, 1.54) is 0 Å². The van der Waals surface area contributed by atoms with Gasteiger partial charge >= 0.3 is 6.61 Å². The van der Waals surface area contributed by atoms with Crippen molar-refractivity contribution in [2.45, 2.75) is 39.3 Å². The zero-order valence-corrected chi connectivity index (χ0v) is 16.8. The highest BCUT2D eigenvalue weighted by atomic mass is 35.5. The first-order valence-electron chi connectivity index (χ1n) is 8.35. The zero-order valence-electron chi connectivity index (χ0n) is 14.5. The highest BCUT2D eigenvalue weighted by Crippen LogP contribution is 2.33. The maximum absolute atomic E-state index is 12.0. The number of thiazole rings is 1. The predicted molar refractivity (Wildman–Crippen MR) is 104 cm³/mol. The quantitative estimate of drug-likeness (QED) is 0.446. The minimum absolute atomic E-state index is 0.0202. The van der Waals surface area contributed by atoms with Gasteiger partial charge in [0.2, 0.25) is 0 Å². The van der Waals surface area contributed by atoms with Crippen LogP contribution in [0.5, 0.6) is 0 Å². The molecule has 0 amide bonds. The van der Waals surface area contributed by atoms with Gasteiger partial charge in [0.1, 0.15) is 10.2 Å². The van der Waals surface area contributed by atoms with E-state index in [-0.39, 0.29) is 6.61 Å². The van der Waals surface area contributed by atoms with Gasteiger partial charge in [-0.25, -0.2) is 9.50 Å². The fourth-order valence-corrected chi connectivity index (χ4v) is 4.02. The molecule has 3 aromatic heterocycles. The molecule has 0 unspecified atom stereocenters. The van der Waals surface area contributed by atoms with E-state index >= 15 is 0 Å². The van der Waals surface area contributed by atoms with Crippen molar-refractivity contribution >= 4 is 45.7 Å². The molecule has 3 heterocycles. The van der Waals surface area contributed by atoms with Crippen molar-refractivity contribution < 1.29 is 13.5 Å². The smallest absolute Gasteiger partial charge is 0.345 e. The number of nitrogens with zero attached hydrogens (tertiary/aromatic N) is 3. The van der Waals surface area contributed by atoms with Gasteiger partial charge in [0.15, 0.2) is 5.15 Å². The summed E-state index contributed by atoms with van der Waals surface area (Å²) in [6.45, 7) is -0.177. The largest absolute Gasteiger partial charge is 0.377 e. The molecule has 0 fully saturated rings. The van der Waals surface area contributed by atoms with Gasteiger partial charge in [-0.3, -0.25) is 0 Å². The molecule has 3 rings (SSSR count). The Morgan fingerprint density at radius 2 is 2.15 bits per heavy atom. The van der Waals surface area contributed by atoms with Gasteiger partial charge < -0.3 is 10.1 Å². The minimum atomic E-state index is -2.73. The first-order valence-corrected chi connectivity index (χ1v) is 9.99. The fourth-order valence-electron chi connectivity index (χ4n) is 2.92. The second-order valence-electron chi connectivity index (χ2n) is 5.90. The van der Waals surface area contributed by atoms with Crippen LogP contribution in [0.1, 0.15) is 29.0 Å². The molecular formula is C17H18Cl2F2N4OS. The van der Waals surface area contributed by atoms with E-state index < -0.39 is 6.61 Å². The van der Waals surface area contributed by atoms with Crippen LogP contribution in [0.25, 0.3) is 5.52 Å². The Kier molecular flexibility index (Phi) is 6.86. The van der Waals surface area contributed by atoms with E-state index in [0.29, 0.717) is 36.1 Å². The molecule has 146 valence electrons. The first-order chi connectivity index (χ1) is 13.0. The van der Waals surface area contributed by atoms with E-state index in [0.717, 1.165) is 27.3 Å². The number of alkyl halides is 2. The average Bonchev–Trinajstić information content (AvgIpc) is 3.21. The monoisotopic (exact) mass is 434 g/mol. The Morgan fingerprint density at radius 3 is 2.85 bits per heavy atom. The molecule has 0 aliphatic carbocycles. The zero-order chi connectivity index (χ0) is 19.4. The Hall–Kier alpha value is -1.48. The lowest BCUT2D eigenvalue weighted by Crippen LogP contribution is -2.03. The summed E-state index contributed by atoms with van der Waals surface area (Å²) in [5, 5.41) is 11.3.